The van der Waals surface area contributed by atoms with Crippen LogP contribution in [0.3, 0.4) is 0 Å². The fourth-order valence-corrected chi connectivity index (χ4v) is 4.78. The van der Waals surface area contributed by atoms with Gasteiger partial charge in [0.2, 0.25) is 5.91 Å². The predicted octanol–water partition coefficient (Wildman–Crippen LogP) is 3.09. The summed E-state index contributed by atoms with van der Waals surface area (Å²) in [6, 6.07) is 7.10. The Morgan fingerprint density at radius 2 is 2.12 bits per heavy atom. The Labute approximate surface area is 153 Å². The van der Waals surface area contributed by atoms with E-state index in [2.05, 4.69) is 22.4 Å². The Morgan fingerprint density at radius 1 is 1.35 bits per heavy atom. The molecule has 0 aliphatic carbocycles. The third-order valence-electron chi connectivity index (χ3n) is 6.18. The number of rotatable bonds is 5. The number of hydrogen-bond acceptors (Lipinski definition) is 3. The minimum atomic E-state index is -0.280. The molecule has 6 heteroatoms. The van der Waals surface area contributed by atoms with Crippen LogP contribution in [-0.2, 0) is 11.3 Å². The zero-order valence-corrected chi connectivity index (χ0v) is 15.3. The van der Waals surface area contributed by atoms with Crippen molar-refractivity contribution in [2.75, 3.05) is 7.05 Å². The minimum Gasteiger partial charge on any atom is -0.341 e. The lowest BCUT2D eigenvalue weighted by atomic mass is 9.71. The lowest BCUT2D eigenvalue weighted by Gasteiger charge is -2.37. The molecule has 138 valence electrons. The van der Waals surface area contributed by atoms with Crippen LogP contribution in [0.4, 0.5) is 4.39 Å². The lowest BCUT2D eigenvalue weighted by Crippen LogP contribution is -2.48. The van der Waals surface area contributed by atoms with E-state index in [4.69, 9.17) is 0 Å². The van der Waals surface area contributed by atoms with Crippen molar-refractivity contribution in [3.05, 3.63) is 41.8 Å². The number of nitrogens with zero attached hydrogens (tertiary/aromatic N) is 2. The molecule has 4 rings (SSSR count). The molecule has 5 nitrogen and oxygen atoms in total. The Morgan fingerprint density at radius 3 is 2.73 bits per heavy atom. The number of amides is 1. The first-order valence-electron chi connectivity index (χ1n) is 9.33. The Hall–Kier alpha value is -2.21. The van der Waals surface area contributed by atoms with Crippen molar-refractivity contribution < 1.29 is 9.18 Å². The van der Waals surface area contributed by atoms with Crippen LogP contribution in [0.2, 0.25) is 0 Å². The molecule has 0 unspecified atom stereocenters. The SMILES string of the molecule is CC[C@@]1(C(=O)N(C)Cc2cn[nH]c2-c2ccc(F)cc2)C[C@@H]2CC[C@H]1N2. The molecule has 3 heterocycles. The molecule has 26 heavy (non-hydrogen) atoms. The number of halogens is 1. The van der Waals surface area contributed by atoms with Gasteiger partial charge in [-0.15, -0.1) is 0 Å². The average Bonchev–Trinajstić information content (AvgIpc) is 3.37. The Kier molecular flexibility index (Phi) is 4.31. The number of benzene rings is 1. The Balaban J connectivity index is 1.54. The van der Waals surface area contributed by atoms with Crippen LogP contribution in [0.15, 0.2) is 30.5 Å². The zero-order valence-electron chi connectivity index (χ0n) is 15.3. The molecule has 0 radical (unpaired) electrons. The first kappa shape index (κ1) is 17.2. The van der Waals surface area contributed by atoms with E-state index in [0.29, 0.717) is 18.6 Å². The molecular formula is C20H25FN4O. The quantitative estimate of drug-likeness (QED) is 0.865. The molecule has 2 aliphatic heterocycles. The van der Waals surface area contributed by atoms with E-state index < -0.39 is 0 Å². The molecule has 2 aliphatic rings. The summed E-state index contributed by atoms with van der Waals surface area (Å²) in [5, 5.41) is 10.7. The molecule has 2 fully saturated rings. The summed E-state index contributed by atoms with van der Waals surface area (Å²) in [7, 11) is 1.87. The number of carbonyl (C=O) groups is 1. The zero-order chi connectivity index (χ0) is 18.3. The number of fused-ring (bicyclic) bond motifs is 2. The van der Waals surface area contributed by atoms with E-state index in [1.165, 1.54) is 18.6 Å². The van der Waals surface area contributed by atoms with E-state index in [9.17, 15) is 9.18 Å². The van der Waals surface area contributed by atoms with Gasteiger partial charge in [-0.05, 0) is 49.9 Å². The van der Waals surface area contributed by atoms with Crippen LogP contribution in [-0.4, -0.2) is 40.1 Å². The van der Waals surface area contributed by atoms with Crippen molar-refractivity contribution in [1.29, 1.82) is 0 Å². The standard InChI is InChI=1S/C20H25FN4O/c1-3-20(10-16-8-9-17(20)23-16)19(26)25(2)12-14-11-22-24-18(14)13-4-6-15(21)7-5-13/h4-7,11,16-17,23H,3,8-10,12H2,1-2H3,(H,22,24)/t16-,17+,20+/m0/s1. The highest BCUT2D eigenvalue weighted by Crippen LogP contribution is 2.47. The fraction of sp³-hybridized carbons (Fsp3) is 0.500. The Bertz CT molecular complexity index is 802. The summed E-state index contributed by atoms with van der Waals surface area (Å²) in [5.41, 5.74) is 2.36. The highest BCUT2D eigenvalue weighted by atomic mass is 19.1. The number of aromatic nitrogens is 2. The number of carbonyl (C=O) groups excluding carboxylic acids is 1. The van der Waals surface area contributed by atoms with Crippen LogP contribution in [0.1, 0.15) is 38.2 Å². The molecule has 2 N–H and O–H groups in total. The number of H-pyrrole nitrogens is 1. The van der Waals surface area contributed by atoms with Crippen LogP contribution in [0.25, 0.3) is 11.3 Å². The van der Waals surface area contributed by atoms with E-state index in [1.807, 2.05) is 11.9 Å². The van der Waals surface area contributed by atoms with Gasteiger partial charge < -0.3 is 10.2 Å². The van der Waals surface area contributed by atoms with Gasteiger partial charge in [-0.25, -0.2) is 4.39 Å². The second-order valence-electron chi connectivity index (χ2n) is 7.65. The van der Waals surface area contributed by atoms with Crippen molar-refractivity contribution in [2.45, 2.75) is 51.2 Å². The molecule has 1 amide bonds. The van der Waals surface area contributed by atoms with Crippen molar-refractivity contribution in [3.63, 3.8) is 0 Å². The van der Waals surface area contributed by atoms with Crippen LogP contribution >= 0.6 is 0 Å². The lowest BCUT2D eigenvalue weighted by molar-refractivity contribution is -0.143. The van der Waals surface area contributed by atoms with Crippen molar-refractivity contribution >= 4 is 5.91 Å². The summed E-state index contributed by atoms with van der Waals surface area (Å²) in [5.74, 6) is -0.0539. The molecule has 0 spiro atoms. The van der Waals surface area contributed by atoms with Gasteiger partial charge in [0.05, 0.1) is 17.3 Å². The van der Waals surface area contributed by atoms with E-state index in [0.717, 1.165) is 36.1 Å². The number of nitrogens with one attached hydrogen (secondary N) is 2. The number of hydrogen-bond donors (Lipinski definition) is 2. The molecule has 3 atom stereocenters. The van der Waals surface area contributed by atoms with Gasteiger partial charge >= 0.3 is 0 Å². The van der Waals surface area contributed by atoms with Gasteiger partial charge in [0, 0.05) is 36.8 Å². The first-order valence-corrected chi connectivity index (χ1v) is 9.33. The summed E-state index contributed by atoms with van der Waals surface area (Å²) >= 11 is 0. The van der Waals surface area contributed by atoms with Gasteiger partial charge in [0.25, 0.3) is 0 Å². The van der Waals surface area contributed by atoms with Gasteiger partial charge in [-0.2, -0.15) is 5.10 Å². The van der Waals surface area contributed by atoms with Crippen LogP contribution < -0.4 is 5.32 Å². The van der Waals surface area contributed by atoms with E-state index in [1.54, 1.807) is 18.3 Å². The molecular weight excluding hydrogens is 331 g/mol. The average molecular weight is 356 g/mol. The maximum atomic E-state index is 13.3. The predicted molar refractivity (Wildman–Crippen MR) is 97.7 cm³/mol. The van der Waals surface area contributed by atoms with Gasteiger partial charge in [-0.3, -0.25) is 9.89 Å². The molecule has 2 bridgehead atoms. The third-order valence-corrected chi connectivity index (χ3v) is 6.18. The van der Waals surface area contributed by atoms with Gasteiger partial charge in [-0.1, -0.05) is 6.92 Å². The summed E-state index contributed by atoms with van der Waals surface area (Å²) in [6.45, 7) is 2.61. The summed E-state index contributed by atoms with van der Waals surface area (Å²) in [4.78, 5) is 15.1. The second-order valence-corrected chi connectivity index (χ2v) is 7.65. The van der Waals surface area contributed by atoms with Crippen molar-refractivity contribution in [2.24, 2.45) is 5.41 Å². The normalized spacial score (nSPS) is 27.0. The fourth-order valence-electron chi connectivity index (χ4n) is 4.78. The highest BCUT2D eigenvalue weighted by molar-refractivity contribution is 5.84. The maximum Gasteiger partial charge on any atom is 0.230 e. The third kappa shape index (κ3) is 2.72. The van der Waals surface area contributed by atoms with Crippen LogP contribution in [0.5, 0.6) is 0 Å². The highest BCUT2D eigenvalue weighted by Gasteiger charge is 2.55. The minimum absolute atomic E-state index is 0.214. The molecule has 1 aromatic carbocycles. The largest absolute Gasteiger partial charge is 0.341 e. The van der Waals surface area contributed by atoms with Crippen LogP contribution in [0, 0.1) is 11.2 Å². The smallest absolute Gasteiger partial charge is 0.230 e. The van der Waals surface area contributed by atoms with E-state index in [-0.39, 0.29) is 17.1 Å². The summed E-state index contributed by atoms with van der Waals surface area (Å²) < 4.78 is 13.2. The van der Waals surface area contributed by atoms with Crippen molar-refractivity contribution in [3.8, 4) is 11.3 Å². The van der Waals surface area contributed by atoms with Gasteiger partial charge in [0.1, 0.15) is 5.82 Å². The maximum absolute atomic E-state index is 13.3. The second kappa shape index (κ2) is 6.50. The first-order chi connectivity index (χ1) is 12.5. The van der Waals surface area contributed by atoms with E-state index >= 15 is 0 Å². The molecule has 0 saturated carbocycles. The van der Waals surface area contributed by atoms with Crippen molar-refractivity contribution in [1.82, 2.24) is 20.4 Å². The molecule has 2 aromatic rings. The van der Waals surface area contributed by atoms with Gasteiger partial charge in [0.15, 0.2) is 0 Å². The topological polar surface area (TPSA) is 61.0 Å². The summed E-state index contributed by atoms with van der Waals surface area (Å²) in [6.07, 6.45) is 5.82. The molecule has 2 saturated heterocycles. The molecule has 1 aromatic heterocycles. The number of aromatic amines is 1. The monoisotopic (exact) mass is 356 g/mol.